The lowest BCUT2D eigenvalue weighted by Gasteiger charge is -2.14. The number of rotatable bonds is 6. The number of anilines is 1. The van der Waals surface area contributed by atoms with Gasteiger partial charge >= 0.3 is 6.61 Å². The Kier molecular flexibility index (Phi) is 5.97. The molecule has 12 heteroatoms. The Balaban J connectivity index is 1.62. The number of hydrogen-bond donors (Lipinski definition) is 2. The van der Waals surface area contributed by atoms with Crippen molar-refractivity contribution >= 4 is 29.0 Å². The molecule has 0 spiro atoms. The number of carbonyl (C=O) groups is 1. The molecular weight excluding hydrogens is 444 g/mol. The number of amides is 1. The number of hydrazone groups is 1. The maximum absolute atomic E-state index is 12.9. The molecule has 0 bridgehead atoms. The normalized spacial score (nSPS) is 15.5. The third kappa shape index (κ3) is 4.50. The second kappa shape index (κ2) is 8.85. The summed E-state index contributed by atoms with van der Waals surface area (Å²) < 4.78 is 39.5. The van der Waals surface area contributed by atoms with Crippen LogP contribution >= 0.6 is 11.5 Å². The zero-order chi connectivity index (χ0) is 22.8. The van der Waals surface area contributed by atoms with E-state index >= 15 is 0 Å². The summed E-state index contributed by atoms with van der Waals surface area (Å²) in [6.07, 6.45) is -1.23. The van der Waals surface area contributed by atoms with Gasteiger partial charge in [0.05, 0.1) is 5.69 Å². The quantitative estimate of drug-likeness (QED) is 0.580. The number of carbonyl (C=O) groups excluding carboxylic acids is 1. The van der Waals surface area contributed by atoms with E-state index in [0.717, 1.165) is 11.5 Å². The van der Waals surface area contributed by atoms with Crippen molar-refractivity contribution in [2.45, 2.75) is 19.9 Å². The molecule has 3 aromatic rings. The van der Waals surface area contributed by atoms with Crippen LogP contribution < -0.4 is 10.1 Å². The first-order chi connectivity index (χ1) is 15.3. The van der Waals surface area contributed by atoms with Crippen molar-refractivity contribution in [2.24, 2.45) is 5.10 Å². The first-order valence-corrected chi connectivity index (χ1v) is 10.1. The largest absolute Gasteiger partial charge is 0.434 e. The van der Waals surface area contributed by atoms with Gasteiger partial charge in [-0.15, -0.1) is 10.2 Å². The Bertz CT molecular complexity index is 1170. The lowest BCUT2D eigenvalue weighted by atomic mass is 10.0. The molecular formula is C20H17F2N5O4S. The molecule has 0 radical (unpaired) electrons. The topological polar surface area (TPSA) is 109 Å². The number of aryl methyl sites for hydroxylation is 1. The predicted octanol–water partition coefficient (Wildman–Crippen LogP) is 3.27. The van der Waals surface area contributed by atoms with Crippen LogP contribution in [0.15, 0.2) is 47.6 Å². The van der Waals surface area contributed by atoms with Crippen LogP contribution in [-0.2, 0) is 4.74 Å². The zero-order valence-electron chi connectivity index (χ0n) is 16.8. The van der Waals surface area contributed by atoms with Gasteiger partial charge in [-0.2, -0.15) is 8.78 Å². The van der Waals surface area contributed by atoms with Gasteiger partial charge in [-0.05, 0) is 54.4 Å². The molecule has 0 saturated heterocycles. The van der Waals surface area contributed by atoms with E-state index < -0.39 is 13.0 Å². The minimum Gasteiger partial charge on any atom is -0.434 e. The number of aromatic nitrogens is 2. The minimum absolute atomic E-state index is 0.0422. The molecule has 9 nitrogen and oxygen atoms in total. The molecule has 2 heterocycles. The summed E-state index contributed by atoms with van der Waals surface area (Å²) in [5.41, 5.74) is 2.42. The average Bonchev–Trinajstić information content (AvgIpc) is 3.33. The summed E-state index contributed by atoms with van der Waals surface area (Å²) in [5, 5.41) is 21.6. The predicted molar refractivity (Wildman–Crippen MR) is 113 cm³/mol. The zero-order valence-corrected chi connectivity index (χ0v) is 17.6. The molecule has 2 aromatic carbocycles. The van der Waals surface area contributed by atoms with Crippen LogP contribution in [0.25, 0.3) is 11.1 Å². The highest BCUT2D eigenvalue weighted by Gasteiger charge is 2.24. The minimum atomic E-state index is -3.01. The molecule has 1 aliphatic rings. The summed E-state index contributed by atoms with van der Waals surface area (Å²) in [6.45, 7) is -1.32. The van der Waals surface area contributed by atoms with E-state index in [-0.39, 0.29) is 17.6 Å². The summed E-state index contributed by atoms with van der Waals surface area (Å²) in [7, 11) is 1.53. The molecule has 4 rings (SSSR count). The Morgan fingerprint density at radius 1 is 1.25 bits per heavy atom. The molecule has 166 valence electrons. The lowest BCUT2D eigenvalue weighted by molar-refractivity contribution is -0.108. The molecule has 1 aromatic heterocycles. The molecule has 0 saturated carbocycles. The number of ether oxygens (including phenoxy) is 2. The van der Waals surface area contributed by atoms with Crippen LogP contribution in [0.2, 0.25) is 0 Å². The van der Waals surface area contributed by atoms with Gasteiger partial charge in [-0.25, -0.2) is 5.01 Å². The van der Waals surface area contributed by atoms with Crippen LogP contribution in [0.3, 0.4) is 0 Å². The van der Waals surface area contributed by atoms with Crippen LogP contribution in [-0.4, -0.2) is 51.6 Å². The number of hydrogen-bond acceptors (Lipinski definition) is 9. The Labute approximate surface area is 185 Å². The van der Waals surface area contributed by atoms with E-state index in [9.17, 15) is 18.7 Å². The van der Waals surface area contributed by atoms with Crippen molar-refractivity contribution in [3.63, 3.8) is 0 Å². The van der Waals surface area contributed by atoms with Gasteiger partial charge in [0, 0.05) is 23.9 Å². The van der Waals surface area contributed by atoms with Crippen molar-refractivity contribution in [1.29, 1.82) is 0 Å². The van der Waals surface area contributed by atoms with Crippen LogP contribution in [0.1, 0.15) is 20.9 Å². The molecule has 1 aliphatic heterocycles. The highest BCUT2D eigenvalue weighted by molar-refractivity contribution is 7.08. The third-order valence-corrected chi connectivity index (χ3v) is 5.37. The standard InChI is InChI=1S/C20H17F2N5O4S/c1-10-16(32-26-24-10)17(28)23-13-6-3-11(4-7-13)14-9-12(5-8-15(14)30-19(21)22)18-25-27(2)20(29)31-18/h3-9,19-20,29H,1-2H3,(H,23,28). The number of nitrogens with one attached hydrogen (secondary N) is 1. The number of benzene rings is 2. The number of halogens is 2. The Morgan fingerprint density at radius 3 is 2.56 bits per heavy atom. The van der Waals surface area contributed by atoms with E-state index in [0.29, 0.717) is 32.9 Å². The number of alkyl halides is 2. The monoisotopic (exact) mass is 461 g/mol. The average molecular weight is 461 g/mol. The van der Waals surface area contributed by atoms with Gasteiger partial charge in [0.2, 0.25) is 5.90 Å². The first-order valence-electron chi connectivity index (χ1n) is 9.28. The van der Waals surface area contributed by atoms with Gasteiger partial charge in [0.15, 0.2) is 0 Å². The maximum atomic E-state index is 12.9. The fourth-order valence-electron chi connectivity index (χ4n) is 2.97. The molecule has 1 amide bonds. The molecule has 32 heavy (non-hydrogen) atoms. The highest BCUT2D eigenvalue weighted by atomic mass is 32.1. The first kappa shape index (κ1) is 21.6. The van der Waals surface area contributed by atoms with Crippen molar-refractivity contribution in [3.8, 4) is 16.9 Å². The van der Waals surface area contributed by atoms with E-state index in [4.69, 9.17) is 4.74 Å². The van der Waals surface area contributed by atoms with Crippen molar-refractivity contribution in [3.05, 3.63) is 58.6 Å². The van der Waals surface area contributed by atoms with E-state index in [1.165, 1.54) is 24.2 Å². The number of nitrogens with zero attached hydrogens (tertiary/aromatic N) is 4. The van der Waals surface area contributed by atoms with Gasteiger partial charge < -0.3 is 19.9 Å². The van der Waals surface area contributed by atoms with Crippen molar-refractivity contribution < 1.29 is 28.2 Å². The summed E-state index contributed by atoms with van der Waals surface area (Å²) in [6, 6.07) is 11.0. The second-order valence-electron chi connectivity index (χ2n) is 6.73. The third-order valence-electron chi connectivity index (χ3n) is 4.54. The second-order valence-corrected chi connectivity index (χ2v) is 7.49. The van der Waals surface area contributed by atoms with Gasteiger partial charge in [-0.1, -0.05) is 16.6 Å². The van der Waals surface area contributed by atoms with Crippen LogP contribution in [0, 0.1) is 6.92 Å². The lowest BCUT2D eigenvalue weighted by Crippen LogP contribution is -2.23. The summed E-state index contributed by atoms with van der Waals surface area (Å²) in [4.78, 5) is 12.7. The van der Waals surface area contributed by atoms with Gasteiger partial charge in [0.1, 0.15) is 10.6 Å². The SMILES string of the molecule is Cc1nnsc1C(=O)Nc1ccc(-c2cc(C3=NN(C)C(O)O3)ccc2OC(F)F)cc1. The van der Waals surface area contributed by atoms with Gasteiger partial charge in [-0.3, -0.25) is 4.79 Å². The van der Waals surface area contributed by atoms with E-state index in [1.807, 2.05) is 0 Å². The van der Waals surface area contributed by atoms with Crippen LogP contribution in [0.5, 0.6) is 5.75 Å². The highest BCUT2D eigenvalue weighted by Crippen LogP contribution is 2.34. The van der Waals surface area contributed by atoms with Gasteiger partial charge in [0.25, 0.3) is 12.3 Å². The fourth-order valence-corrected chi connectivity index (χ4v) is 3.52. The van der Waals surface area contributed by atoms with Crippen LogP contribution in [0.4, 0.5) is 14.5 Å². The fraction of sp³-hybridized carbons (Fsp3) is 0.200. The Hall–Kier alpha value is -3.64. The van der Waals surface area contributed by atoms with E-state index in [1.54, 1.807) is 37.3 Å². The van der Waals surface area contributed by atoms with E-state index in [2.05, 4.69) is 24.7 Å². The Morgan fingerprint density at radius 2 is 1.97 bits per heavy atom. The molecule has 0 fully saturated rings. The maximum Gasteiger partial charge on any atom is 0.387 e. The number of aliphatic hydroxyl groups excluding tert-OH is 1. The molecule has 1 atom stereocenters. The van der Waals surface area contributed by atoms with Crippen molar-refractivity contribution in [2.75, 3.05) is 12.4 Å². The van der Waals surface area contributed by atoms with Crippen molar-refractivity contribution in [1.82, 2.24) is 14.6 Å². The molecule has 1 unspecified atom stereocenters. The number of aliphatic hydroxyl groups is 1. The molecule has 2 N–H and O–H groups in total. The summed E-state index contributed by atoms with van der Waals surface area (Å²) >= 11 is 0.993. The summed E-state index contributed by atoms with van der Waals surface area (Å²) in [5.74, 6) is -0.241. The smallest absolute Gasteiger partial charge is 0.387 e. The molecule has 0 aliphatic carbocycles.